The topological polar surface area (TPSA) is 118 Å². The summed E-state index contributed by atoms with van der Waals surface area (Å²) in [5.41, 5.74) is 3.49. The van der Waals surface area contributed by atoms with E-state index in [1.807, 2.05) is 66.7 Å². The Hall–Kier alpha value is -6.15. The van der Waals surface area contributed by atoms with Gasteiger partial charge in [-0.3, -0.25) is 28.9 Å². The lowest BCUT2D eigenvalue weighted by atomic mass is 9.44. The number of fused-ring (bicyclic) bond motifs is 5. The molecule has 8 nitrogen and oxygen atoms in total. The number of ketones is 3. The van der Waals surface area contributed by atoms with Crippen LogP contribution in [0.15, 0.2) is 133 Å². The van der Waals surface area contributed by atoms with E-state index in [4.69, 9.17) is 4.74 Å². The van der Waals surface area contributed by atoms with Crippen molar-refractivity contribution in [2.24, 2.45) is 29.6 Å². The Morgan fingerprint density at radius 2 is 1.57 bits per heavy atom. The Labute approximate surface area is 306 Å². The molecule has 4 aromatic rings. The van der Waals surface area contributed by atoms with Crippen molar-refractivity contribution >= 4 is 40.4 Å². The van der Waals surface area contributed by atoms with Crippen molar-refractivity contribution in [1.82, 2.24) is 0 Å². The Bertz CT molecular complexity index is 2340. The standard InChI is InChI=1S/C45H35NO7/c1-25(47)26-12-14-31(15-13-26)46-43(51)34-18-17-33-36(40(34)44(46)52)22-37-42(50)35(27-8-4-2-5-9-27)23-39(49)45(37,30-10-6-3-7-11-30)41(33)29-20-28-21-32(48)16-19-38(28)53-24-29/h2-17,19,21,23-24,34,36-37,40-41,48H,18,20,22H2,1H3. The van der Waals surface area contributed by atoms with Crippen LogP contribution in [0.4, 0.5) is 5.69 Å². The van der Waals surface area contributed by atoms with Crippen molar-refractivity contribution in [2.75, 3.05) is 4.90 Å². The molecule has 9 rings (SSSR count). The fraction of sp³-hybridized carbons (Fsp3) is 0.222. The fourth-order valence-corrected chi connectivity index (χ4v) is 9.79. The Morgan fingerprint density at radius 3 is 2.28 bits per heavy atom. The maximum absolute atomic E-state index is 15.2. The summed E-state index contributed by atoms with van der Waals surface area (Å²) in [7, 11) is 0. The third kappa shape index (κ3) is 4.85. The molecule has 1 N–H and O–H groups in total. The highest BCUT2D eigenvalue weighted by Crippen LogP contribution is 2.63. The van der Waals surface area contributed by atoms with E-state index in [1.54, 1.807) is 48.7 Å². The molecule has 53 heavy (non-hydrogen) atoms. The van der Waals surface area contributed by atoms with Crippen LogP contribution in [-0.4, -0.2) is 34.3 Å². The van der Waals surface area contributed by atoms with Crippen LogP contribution in [0.25, 0.3) is 5.57 Å². The molecule has 6 atom stereocenters. The molecule has 262 valence electrons. The number of Topliss-reactive ketones (excluding diaryl/α,β-unsaturated/α-hetero) is 2. The fourth-order valence-electron chi connectivity index (χ4n) is 9.79. The second-order valence-electron chi connectivity index (χ2n) is 14.7. The first-order valence-corrected chi connectivity index (χ1v) is 18.0. The van der Waals surface area contributed by atoms with Crippen LogP contribution in [0.2, 0.25) is 0 Å². The summed E-state index contributed by atoms with van der Waals surface area (Å²) in [5, 5.41) is 10.4. The summed E-state index contributed by atoms with van der Waals surface area (Å²) in [4.78, 5) is 72.4. The molecular formula is C45H35NO7. The van der Waals surface area contributed by atoms with Gasteiger partial charge in [0, 0.05) is 35.0 Å². The van der Waals surface area contributed by atoms with E-state index in [1.165, 1.54) is 17.9 Å². The van der Waals surface area contributed by atoms with Crippen molar-refractivity contribution in [2.45, 2.75) is 31.6 Å². The summed E-state index contributed by atoms with van der Waals surface area (Å²) in [6, 6.07) is 30.0. The maximum atomic E-state index is 15.2. The Morgan fingerprint density at radius 1 is 0.849 bits per heavy atom. The van der Waals surface area contributed by atoms with Gasteiger partial charge >= 0.3 is 0 Å². The number of hydrogen-bond acceptors (Lipinski definition) is 7. The summed E-state index contributed by atoms with van der Waals surface area (Å²) in [6.07, 6.45) is 6.01. The van der Waals surface area contributed by atoms with Crippen molar-refractivity contribution < 1.29 is 33.8 Å². The van der Waals surface area contributed by atoms with Gasteiger partial charge in [0.2, 0.25) is 11.8 Å². The van der Waals surface area contributed by atoms with Gasteiger partial charge in [0.25, 0.3) is 0 Å². The van der Waals surface area contributed by atoms with E-state index in [9.17, 15) is 19.5 Å². The highest BCUT2D eigenvalue weighted by Gasteiger charge is 2.66. The zero-order valence-corrected chi connectivity index (χ0v) is 28.9. The molecule has 4 aromatic carbocycles. The molecule has 0 spiro atoms. The minimum absolute atomic E-state index is 0.0799. The van der Waals surface area contributed by atoms with E-state index in [2.05, 4.69) is 0 Å². The quantitative estimate of drug-likeness (QED) is 0.136. The molecule has 2 fully saturated rings. The molecule has 5 aliphatic rings. The number of ether oxygens (including phenoxy) is 1. The van der Waals surface area contributed by atoms with E-state index in [-0.39, 0.29) is 47.8 Å². The van der Waals surface area contributed by atoms with E-state index in [0.29, 0.717) is 40.1 Å². The molecule has 0 bridgehead atoms. The number of imide groups is 1. The number of amides is 2. The van der Waals surface area contributed by atoms with E-state index in [0.717, 1.165) is 16.7 Å². The monoisotopic (exact) mass is 701 g/mol. The number of benzene rings is 4. The number of phenols is 1. The predicted molar refractivity (Wildman–Crippen MR) is 197 cm³/mol. The maximum Gasteiger partial charge on any atom is 0.238 e. The molecule has 3 aliphatic carbocycles. The van der Waals surface area contributed by atoms with Gasteiger partial charge in [-0.25, -0.2) is 0 Å². The molecule has 2 aliphatic heterocycles. The van der Waals surface area contributed by atoms with Gasteiger partial charge < -0.3 is 9.84 Å². The lowest BCUT2D eigenvalue weighted by molar-refractivity contribution is -0.136. The van der Waals surface area contributed by atoms with Crippen LogP contribution in [0.3, 0.4) is 0 Å². The van der Waals surface area contributed by atoms with Crippen LogP contribution in [0.5, 0.6) is 11.5 Å². The highest BCUT2D eigenvalue weighted by atomic mass is 16.5. The molecule has 1 saturated carbocycles. The Kier molecular flexibility index (Phi) is 7.55. The molecule has 0 aromatic heterocycles. The van der Waals surface area contributed by atoms with Crippen LogP contribution >= 0.6 is 0 Å². The van der Waals surface area contributed by atoms with Crippen molar-refractivity contribution in [3.8, 4) is 11.5 Å². The minimum Gasteiger partial charge on any atom is -0.508 e. The molecular weight excluding hydrogens is 666 g/mol. The predicted octanol–water partition coefficient (Wildman–Crippen LogP) is 6.98. The van der Waals surface area contributed by atoms with Gasteiger partial charge in [-0.15, -0.1) is 0 Å². The van der Waals surface area contributed by atoms with E-state index < -0.39 is 35.0 Å². The number of carbonyl (C=O) groups is 5. The van der Waals surface area contributed by atoms with Gasteiger partial charge in [-0.1, -0.05) is 72.3 Å². The molecule has 0 radical (unpaired) electrons. The second-order valence-corrected chi connectivity index (χ2v) is 14.7. The highest BCUT2D eigenvalue weighted by molar-refractivity contribution is 6.31. The second kappa shape index (κ2) is 12.2. The normalized spacial score (nSPS) is 27.4. The number of nitrogens with zero attached hydrogens (tertiary/aromatic N) is 1. The van der Waals surface area contributed by atoms with Gasteiger partial charge in [0.1, 0.15) is 11.5 Å². The smallest absolute Gasteiger partial charge is 0.238 e. The molecule has 6 unspecified atom stereocenters. The van der Waals surface area contributed by atoms with Crippen LogP contribution in [-0.2, 0) is 31.0 Å². The average Bonchev–Trinajstić information content (AvgIpc) is 3.44. The number of anilines is 1. The summed E-state index contributed by atoms with van der Waals surface area (Å²) in [6.45, 7) is 1.46. The number of aromatic hydroxyl groups is 1. The van der Waals surface area contributed by atoms with Crippen molar-refractivity contribution in [3.63, 3.8) is 0 Å². The van der Waals surface area contributed by atoms with Crippen LogP contribution < -0.4 is 9.64 Å². The number of carbonyl (C=O) groups excluding carboxylic acids is 5. The van der Waals surface area contributed by atoms with Crippen LogP contribution in [0, 0.1) is 29.6 Å². The first-order chi connectivity index (χ1) is 25.7. The lowest BCUT2D eigenvalue weighted by Crippen LogP contribution is -2.60. The van der Waals surface area contributed by atoms with Crippen LogP contribution in [0.1, 0.15) is 46.8 Å². The molecule has 1 saturated heterocycles. The zero-order chi connectivity index (χ0) is 36.6. The number of hydrogen-bond donors (Lipinski definition) is 1. The summed E-state index contributed by atoms with van der Waals surface area (Å²) in [5.74, 6) is -4.03. The van der Waals surface area contributed by atoms with Gasteiger partial charge in [-0.05, 0) is 90.9 Å². The largest absolute Gasteiger partial charge is 0.508 e. The van der Waals surface area contributed by atoms with Crippen molar-refractivity contribution in [1.29, 1.82) is 0 Å². The first kappa shape index (κ1) is 32.7. The van der Waals surface area contributed by atoms with Crippen molar-refractivity contribution in [3.05, 3.63) is 155 Å². The van der Waals surface area contributed by atoms with Gasteiger partial charge in [0.05, 0.1) is 29.2 Å². The minimum atomic E-state index is -1.37. The summed E-state index contributed by atoms with van der Waals surface area (Å²) >= 11 is 0. The lowest BCUT2D eigenvalue weighted by Gasteiger charge is -2.56. The first-order valence-electron chi connectivity index (χ1n) is 18.0. The SMILES string of the molecule is CC(=O)c1ccc(N2C(=O)C3CC=C4C(CC5C(=O)C(c6ccccc6)=CC(=O)C5(c5ccccc5)C4C4=COc5ccc(O)cc5C4)C3C2=O)cc1. The number of rotatable bonds is 5. The number of phenolic OH excluding ortho intramolecular Hbond substituents is 1. The number of allylic oxidation sites excluding steroid dienone is 5. The summed E-state index contributed by atoms with van der Waals surface area (Å²) < 4.78 is 6.20. The van der Waals surface area contributed by atoms with Gasteiger partial charge in [0.15, 0.2) is 17.3 Å². The van der Waals surface area contributed by atoms with Gasteiger partial charge in [-0.2, -0.15) is 0 Å². The molecule has 2 heterocycles. The zero-order valence-electron chi connectivity index (χ0n) is 28.9. The Balaban J connectivity index is 1.23. The molecule has 8 heteroatoms. The average molecular weight is 702 g/mol. The van der Waals surface area contributed by atoms with E-state index >= 15 is 9.59 Å². The third-order valence-corrected chi connectivity index (χ3v) is 12.1. The third-order valence-electron chi connectivity index (χ3n) is 12.1. The molecule has 2 amide bonds.